The Morgan fingerprint density at radius 3 is 2.44 bits per heavy atom. The van der Waals surface area contributed by atoms with Crippen molar-refractivity contribution in [1.82, 2.24) is 0 Å². The first kappa shape index (κ1) is 14.0. The standard InChI is InChI=1S/C14H12BrFIN/c15-13-8-11(16)4-1-10(13)7-14(18)9-2-5-12(17)6-3-9/h1-6,8,14H,7,18H2. The van der Waals surface area contributed by atoms with Gasteiger partial charge >= 0.3 is 0 Å². The van der Waals surface area contributed by atoms with Gasteiger partial charge < -0.3 is 5.73 Å². The van der Waals surface area contributed by atoms with Gasteiger partial charge in [0.25, 0.3) is 0 Å². The molecule has 0 fully saturated rings. The van der Waals surface area contributed by atoms with Crippen molar-refractivity contribution < 1.29 is 4.39 Å². The van der Waals surface area contributed by atoms with Gasteiger partial charge in [-0.25, -0.2) is 4.39 Å². The Morgan fingerprint density at radius 2 is 1.83 bits per heavy atom. The summed E-state index contributed by atoms with van der Waals surface area (Å²) in [5.74, 6) is -0.242. The van der Waals surface area contributed by atoms with Crippen LogP contribution >= 0.6 is 38.5 Å². The van der Waals surface area contributed by atoms with Gasteiger partial charge in [0, 0.05) is 14.1 Å². The Hall–Kier alpha value is -0.460. The maximum absolute atomic E-state index is 13.0. The van der Waals surface area contributed by atoms with Crippen LogP contribution in [0.25, 0.3) is 0 Å². The van der Waals surface area contributed by atoms with Gasteiger partial charge in [-0.2, -0.15) is 0 Å². The van der Waals surface area contributed by atoms with E-state index in [1.807, 2.05) is 24.3 Å². The molecule has 0 spiro atoms. The van der Waals surface area contributed by atoms with Crippen LogP contribution in [-0.4, -0.2) is 0 Å². The van der Waals surface area contributed by atoms with Crippen molar-refractivity contribution in [1.29, 1.82) is 0 Å². The molecule has 2 aromatic carbocycles. The zero-order valence-electron chi connectivity index (χ0n) is 9.54. The zero-order valence-corrected chi connectivity index (χ0v) is 13.3. The number of hydrogen-bond acceptors (Lipinski definition) is 1. The van der Waals surface area contributed by atoms with Gasteiger partial charge in [-0.3, -0.25) is 0 Å². The second-order valence-electron chi connectivity index (χ2n) is 4.10. The summed E-state index contributed by atoms with van der Waals surface area (Å²) in [5, 5.41) is 0. The Kier molecular flexibility index (Phi) is 4.75. The van der Waals surface area contributed by atoms with Crippen molar-refractivity contribution in [2.75, 3.05) is 0 Å². The maximum atomic E-state index is 13.0. The van der Waals surface area contributed by atoms with Gasteiger partial charge in [0.15, 0.2) is 0 Å². The molecule has 2 aromatic rings. The first-order chi connectivity index (χ1) is 8.56. The van der Waals surface area contributed by atoms with Gasteiger partial charge in [-0.15, -0.1) is 0 Å². The second-order valence-corrected chi connectivity index (χ2v) is 6.20. The monoisotopic (exact) mass is 419 g/mol. The summed E-state index contributed by atoms with van der Waals surface area (Å²) in [6.07, 6.45) is 0.682. The van der Waals surface area contributed by atoms with E-state index in [0.29, 0.717) is 6.42 Å². The maximum Gasteiger partial charge on any atom is 0.124 e. The summed E-state index contributed by atoms with van der Waals surface area (Å²) in [7, 11) is 0. The van der Waals surface area contributed by atoms with Crippen molar-refractivity contribution in [3.8, 4) is 0 Å². The second kappa shape index (κ2) is 6.12. The number of halogens is 3. The Labute approximate surface area is 128 Å². The van der Waals surface area contributed by atoms with Crippen molar-refractivity contribution in [2.24, 2.45) is 5.73 Å². The molecule has 0 aliphatic rings. The largest absolute Gasteiger partial charge is 0.324 e. The topological polar surface area (TPSA) is 26.0 Å². The first-order valence-electron chi connectivity index (χ1n) is 5.51. The van der Waals surface area contributed by atoms with Crippen LogP contribution in [0, 0.1) is 9.39 Å². The van der Waals surface area contributed by atoms with E-state index in [9.17, 15) is 4.39 Å². The third kappa shape index (κ3) is 3.52. The average molecular weight is 420 g/mol. The highest BCUT2D eigenvalue weighted by atomic mass is 127. The Balaban J connectivity index is 2.15. The molecule has 0 saturated carbocycles. The van der Waals surface area contributed by atoms with Crippen LogP contribution < -0.4 is 5.73 Å². The molecule has 18 heavy (non-hydrogen) atoms. The lowest BCUT2D eigenvalue weighted by atomic mass is 10.00. The van der Waals surface area contributed by atoms with Gasteiger partial charge in [0.2, 0.25) is 0 Å². The smallest absolute Gasteiger partial charge is 0.124 e. The zero-order chi connectivity index (χ0) is 13.1. The lowest BCUT2D eigenvalue weighted by Crippen LogP contribution is -2.13. The Morgan fingerprint density at radius 1 is 1.17 bits per heavy atom. The van der Waals surface area contributed by atoms with Crippen LogP contribution in [-0.2, 0) is 6.42 Å². The number of rotatable bonds is 3. The average Bonchev–Trinajstić information content (AvgIpc) is 2.33. The predicted octanol–water partition coefficient (Wildman–Crippen LogP) is 4.44. The highest BCUT2D eigenvalue weighted by molar-refractivity contribution is 14.1. The molecule has 1 nitrogen and oxygen atoms in total. The number of benzene rings is 2. The van der Waals surface area contributed by atoms with Crippen LogP contribution in [0.5, 0.6) is 0 Å². The third-order valence-electron chi connectivity index (χ3n) is 2.75. The van der Waals surface area contributed by atoms with E-state index in [4.69, 9.17) is 5.73 Å². The summed E-state index contributed by atoms with van der Waals surface area (Å²) in [6, 6.07) is 12.8. The SMILES string of the molecule is NC(Cc1ccc(F)cc1Br)c1ccc(I)cc1. The van der Waals surface area contributed by atoms with Crippen LogP contribution in [0.4, 0.5) is 4.39 Å². The van der Waals surface area contributed by atoms with Crippen molar-refractivity contribution >= 4 is 38.5 Å². The Bertz CT molecular complexity index is 542. The molecule has 4 heteroatoms. The van der Waals surface area contributed by atoms with Crippen molar-refractivity contribution in [3.05, 3.63) is 67.5 Å². The lowest BCUT2D eigenvalue weighted by molar-refractivity contribution is 0.624. The van der Waals surface area contributed by atoms with Gasteiger partial charge in [-0.1, -0.05) is 34.1 Å². The quantitative estimate of drug-likeness (QED) is 0.731. The van der Waals surface area contributed by atoms with Crippen molar-refractivity contribution in [3.63, 3.8) is 0 Å². The molecular weight excluding hydrogens is 408 g/mol. The van der Waals surface area contributed by atoms with E-state index in [1.54, 1.807) is 6.07 Å². The van der Waals surface area contributed by atoms with E-state index in [0.717, 1.165) is 15.6 Å². The van der Waals surface area contributed by atoms with E-state index < -0.39 is 0 Å². The van der Waals surface area contributed by atoms with E-state index in [2.05, 4.69) is 38.5 Å². The minimum Gasteiger partial charge on any atom is -0.324 e. The van der Waals surface area contributed by atoms with Gasteiger partial charge in [-0.05, 0) is 64.4 Å². The van der Waals surface area contributed by atoms with E-state index in [-0.39, 0.29) is 11.9 Å². The fourth-order valence-electron chi connectivity index (χ4n) is 1.75. The third-order valence-corrected chi connectivity index (χ3v) is 4.21. The lowest BCUT2D eigenvalue weighted by Gasteiger charge is -2.13. The molecule has 0 aromatic heterocycles. The van der Waals surface area contributed by atoms with Gasteiger partial charge in [0.05, 0.1) is 0 Å². The van der Waals surface area contributed by atoms with Crippen LogP contribution in [0.1, 0.15) is 17.2 Å². The fourth-order valence-corrected chi connectivity index (χ4v) is 2.62. The summed E-state index contributed by atoms with van der Waals surface area (Å²) in [4.78, 5) is 0. The minimum atomic E-state index is -0.242. The summed E-state index contributed by atoms with van der Waals surface area (Å²) >= 11 is 5.63. The molecule has 1 atom stereocenters. The van der Waals surface area contributed by atoms with Gasteiger partial charge in [0.1, 0.15) is 5.82 Å². The number of hydrogen-bond donors (Lipinski definition) is 1. The molecule has 1 unspecified atom stereocenters. The molecular formula is C14H12BrFIN. The van der Waals surface area contributed by atoms with E-state index in [1.165, 1.54) is 15.7 Å². The summed E-state index contributed by atoms with van der Waals surface area (Å²) < 4.78 is 14.9. The van der Waals surface area contributed by atoms with E-state index >= 15 is 0 Å². The molecule has 0 saturated heterocycles. The molecule has 0 aliphatic heterocycles. The van der Waals surface area contributed by atoms with Crippen LogP contribution in [0.2, 0.25) is 0 Å². The highest BCUT2D eigenvalue weighted by Crippen LogP contribution is 2.23. The minimum absolute atomic E-state index is 0.0799. The highest BCUT2D eigenvalue weighted by Gasteiger charge is 2.09. The molecule has 2 rings (SSSR count). The van der Waals surface area contributed by atoms with Crippen molar-refractivity contribution in [2.45, 2.75) is 12.5 Å². The summed E-state index contributed by atoms with van der Waals surface area (Å²) in [6.45, 7) is 0. The molecule has 0 aliphatic carbocycles. The number of nitrogens with two attached hydrogens (primary N) is 1. The molecule has 0 bridgehead atoms. The molecule has 0 amide bonds. The molecule has 94 valence electrons. The molecule has 0 radical (unpaired) electrons. The first-order valence-corrected chi connectivity index (χ1v) is 7.38. The summed E-state index contributed by atoms with van der Waals surface area (Å²) in [5.41, 5.74) is 8.27. The van der Waals surface area contributed by atoms with Crippen LogP contribution in [0.15, 0.2) is 46.9 Å². The fraction of sp³-hybridized carbons (Fsp3) is 0.143. The molecule has 0 heterocycles. The normalized spacial score (nSPS) is 12.4. The molecule has 2 N–H and O–H groups in total. The van der Waals surface area contributed by atoms with Crippen LogP contribution in [0.3, 0.4) is 0 Å². The predicted molar refractivity (Wildman–Crippen MR) is 83.9 cm³/mol.